The second kappa shape index (κ2) is 5.25. The highest BCUT2D eigenvalue weighted by molar-refractivity contribution is 14.1. The molecule has 1 unspecified atom stereocenters. The third-order valence-electron chi connectivity index (χ3n) is 2.68. The van der Waals surface area contributed by atoms with Crippen molar-refractivity contribution in [2.75, 3.05) is 14.1 Å². The van der Waals surface area contributed by atoms with Gasteiger partial charge in [-0.1, -0.05) is 22.6 Å². The van der Waals surface area contributed by atoms with Crippen LogP contribution < -0.4 is 0 Å². The summed E-state index contributed by atoms with van der Waals surface area (Å²) < 4.78 is 0.530. The van der Waals surface area contributed by atoms with Crippen molar-refractivity contribution in [1.29, 1.82) is 0 Å². The minimum absolute atomic E-state index is 0.530. The molecule has 15 heavy (non-hydrogen) atoms. The van der Waals surface area contributed by atoms with E-state index in [-0.39, 0.29) is 0 Å². The first kappa shape index (κ1) is 12.9. The Morgan fingerprint density at radius 2 is 1.93 bits per heavy atom. The number of aromatic nitrogens is 1. The molecule has 0 saturated heterocycles. The highest BCUT2D eigenvalue weighted by Crippen LogP contribution is 2.27. The first-order valence-corrected chi connectivity index (χ1v) is 6.41. The molecule has 0 N–H and O–H groups in total. The summed E-state index contributed by atoms with van der Waals surface area (Å²) in [6.45, 7) is 7.49. The van der Waals surface area contributed by atoms with Gasteiger partial charge in [0.1, 0.15) is 0 Å². The Balaban J connectivity index is 3.10. The number of alkyl halides is 1. The van der Waals surface area contributed by atoms with E-state index in [9.17, 15) is 0 Å². The predicted molar refractivity (Wildman–Crippen MR) is 73.5 cm³/mol. The van der Waals surface area contributed by atoms with Crippen molar-refractivity contribution in [3.05, 3.63) is 28.6 Å². The number of hydrogen-bond donors (Lipinski definition) is 0. The first-order chi connectivity index (χ1) is 6.93. The second-order valence-electron chi connectivity index (χ2n) is 4.26. The van der Waals surface area contributed by atoms with E-state index in [1.807, 2.05) is 6.20 Å². The van der Waals surface area contributed by atoms with Crippen LogP contribution in [0.2, 0.25) is 0 Å². The molecular weight excluding hydrogens is 299 g/mol. The Bertz CT molecular complexity index is 346. The van der Waals surface area contributed by atoms with Crippen LogP contribution in [-0.2, 0) is 6.54 Å². The average molecular weight is 318 g/mol. The van der Waals surface area contributed by atoms with Gasteiger partial charge >= 0.3 is 0 Å². The quantitative estimate of drug-likeness (QED) is 0.628. The van der Waals surface area contributed by atoms with Crippen LogP contribution in [0.4, 0.5) is 0 Å². The maximum absolute atomic E-state index is 4.55. The molecule has 0 bridgehead atoms. The minimum atomic E-state index is 0.530. The molecule has 0 aromatic carbocycles. The Morgan fingerprint density at radius 3 is 2.40 bits per heavy atom. The van der Waals surface area contributed by atoms with Crippen LogP contribution in [0, 0.1) is 13.8 Å². The van der Waals surface area contributed by atoms with Crippen LogP contribution in [0.5, 0.6) is 0 Å². The number of hydrogen-bond acceptors (Lipinski definition) is 2. The summed E-state index contributed by atoms with van der Waals surface area (Å²) in [4.78, 5) is 6.71. The summed E-state index contributed by atoms with van der Waals surface area (Å²) >= 11 is 2.44. The van der Waals surface area contributed by atoms with Gasteiger partial charge < -0.3 is 4.90 Å². The van der Waals surface area contributed by atoms with Gasteiger partial charge in [0.2, 0.25) is 0 Å². The van der Waals surface area contributed by atoms with E-state index >= 15 is 0 Å². The monoisotopic (exact) mass is 318 g/mol. The van der Waals surface area contributed by atoms with Crippen LogP contribution in [0.1, 0.15) is 33.2 Å². The Morgan fingerprint density at radius 1 is 1.33 bits per heavy atom. The molecule has 2 nitrogen and oxygen atoms in total. The molecule has 0 radical (unpaired) electrons. The second-order valence-corrected chi connectivity index (χ2v) is 6.13. The molecule has 0 aliphatic heterocycles. The third kappa shape index (κ3) is 3.14. The molecule has 3 heteroatoms. The molecule has 1 aromatic rings. The van der Waals surface area contributed by atoms with Crippen LogP contribution in [-0.4, -0.2) is 24.0 Å². The molecule has 1 heterocycles. The Hall–Kier alpha value is -0.160. The third-order valence-corrected chi connectivity index (χ3v) is 3.35. The summed E-state index contributed by atoms with van der Waals surface area (Å²) in [7, 11) is 4.15. The van der Waals surface area contributed by atoms with Gasteiger partial charge in [0.05, 0.1) is 5.69 Å². The SMILES string of the molecule is Cc1c(C(C)I)cnc(CN(C)C)c1C. The van der Waals surface area contributed by atoms with Gasteiger partial charge in [-0.25, -0.2) is 0 Å². The molecule has 0 spiro atoms. The van der Waals surface area contributed by atoms with E-state index in [0.717, 1.165) is 6.54 Å². The van der Waals surface area contributed by atoms with E-state index in [0.29, 0.717) is 3.92 Å². The first-order valence-electron chi connectivity index (χ1n) is 5.17. The zero-order chi connectivity index (χ0) is 11.6. The fourth-order valence-corrected chi connectivity index (χ4v) is 2.26. The highest BCUT2D eigenvalue weighted by Gasteiger charge is 2.11. The van der Waals surface area contributed by atoms with E-state index in [2.05, 4.69) is 67.3 Å². The molecule has 84 valence electrons. The number of rotatable bonds is 3. The van der Waals surface area contributed by atoms with Gasteiger partial charge in [-0.05, 0) is 51.6 Å². The fraction of sp³-hybridized carbons (Fsp3) is 0.583. The molecular formula is C12H19IN2. The van der Waals surface area contributed by atoms with Crippen molar-refractivity contribution in [2.24, 2.45) is 0 Å². The van der Waals surface area contributed by atoms with Crippen LogP contribution in [0.3, 0.4) is 0 Å². The highest BCUT2D eigenvalue weighted by atomic mass is 127. The zero-order valence-corrected chi connectivity index (χ0v) is 12.3. The van der Waals surface area contributed by atoms with Crippen LogP contribution in [0.15, 0.2) is 6.20 Å². The van der Waals surface area contributed by atoms with Crippen molar-refractivity contribution in [3.8, 4) is 0 Å². The minimum Gasteiger partial charge on any atom is -0.304 e. The topological polar surface area (TPSA) is 16.1 Å². The van der Waals surface area contributed by atoms with Crippen molar-refractivity contribution in [3.63, 3.8) is 0 Å². The maximum atomic E-state index is 4.55. The molecule has 0 aliphatic rings. The lowest BCUT2D eigenvalue weighted by Gasteiger charge is -2.16. The number of halogens is 1. The normalized spacial score (nSPS) is 13.3. The van der Waals surface area contributed by atoms with Gasteiger partial charge in [0.15, 0.2) is 0 Å². The molecule has 1 rings (SSSR count). The van der Waals surface area contributed by atoms with Gasteiger partial charge in [-0.15, -0.1) is 0 Å². The predicted octanol–water partition coefficient (Wildman–Crippen LogP) is 3.26. The molecule has 1 aromatic heterocycles. The fourth-order valence-electron chi connectivity index (χ4n) is 1.63. The summed E-state index contributed by atoms with van der Waals surface area (Å²) in [6.07, 6.45) is 2.03. The van der Waals surface area contributed by atoms with Gasteiger partial charge in [-0.2, -0.15) is 0 Å². The summed E-state index contributed by atoms with van der Waals surface area (Å²) in [6, 6.07) is 0. The van der Waals surface area contributed by atoms with E-state index in [4.69, 9.17) is 0 Å². The van der Waals surface area contributed by atoms with E-state index in [1.54, 1.807) is 0 Å². The van der Waals surface area contributed by atoms with Crippen molar-refractivity contribution < 1.29 is 0 Å². The van der Waals surface area contributed by atoms with E-state index < -0.39 is 0 Å². The van der Waals surface area contributed by atoms with Gasteiger partial charge in [0.25, 0.3) is 0 Å². The summed E-state index contributed by atoms with van der Waals surface area (Å²) in [5.41, 5.74) is 5.28. The van der Waals surface area contributed by atoms with Gasteiger partial charge in [-0.3, -0.25) is 4.98 Å². The summed E-state index contributed by atoms with van der Waals surface area (Å²) in [5.74, 6) is 0. The van der Waals surface area contributed by atoms with E-state index in [1.165, 1.54) is 22.4 Å². The molecule has 0 amide bonds. The molecule has 0 saturated carbocycles. The molecule has 0 aliphatic carbocycles. The van der Waals surface area contributed by atoms with Crippen LogP contribution >= 0.6 is 22.6 Å². The molecule has 0 fully saturated rings. The van der Waals surface area contributed by atoms with Crippen LogP contribution in [0.25, 0.3) is 0 Å². The maximum Gasteiger partial charge on any atom is 0.0575 e. The summed E-state index contributed by atoms with van der Waals surface area (Å²) in [5, 5.41) is 0. The zero-order valence-electron chi connectivity index (χ0n) is 10.1. The smallest absolute Gasteiger partial charge is 0.0575 e. The van der Waals surface area contributed by atoms with Gasteiger partial charge in [0, 0.05) is 16.7 Å². The average Bonchev–Trinajstić information content (AvgIpc) is 2.12. The Labute approximate surface area is 106 Å². The Kier molecular flexibility index (Phi) is 4.52. The lowest BCUT2D eigenvalue weighted by atomic mass is 10.0. The lowest BCUT2D eigenvalue weighted by molar-refractivity contribution is 0.395. The van der Waals surface area contributed by atoms with Crippen molar-refractivity contribution in [1.82, 2.24) is 9.88 Å². The van der Waals surface area contributed by atoms with Crippen molar-refractivity contribution in [2.45, 2.75) is 31.2 Å². The molecule has 1 atom stereocenters. The number of pyridine rings is 1. The largest absolute Gasteiger partial charge is 0.304 e. The standard InChI is InChI=1S/C12H19IN2/c1-8-9(2)12(7-15(4)5)14-6-11(8)10(3)13/h6,10H,7H2,1-5H3. The lowest BCUT2D eigenvalue weighted by Crippen LogP contribution is -2.14. The number of nitrogens with zero attached hydrogens (tertiary/aromatic N) is 2. The van der Waals surface area contributed by atoms with Crippen molar-refractivity contribution >= 4 is 22.6 Å².